The van der Waals surface area contributed by atoms with Gasteiger partial charge in [0.15, 0.2) is 0 Å². The van der Waals surface area contributed by atoms with Gasteiger partial charge in [-0.15, -0.1) is 11.3 Å². The maximum atomic E-state index is 13.6. The average molecular weight is 470 g/mol. The van der Waals surface area contributed by atoms with Crippen molar-refractivity contribution in [3.05, 3.63) is 57.8 Å². The Bertz CT molecular complexity index is 933. The summed E-state index contributed by atoms with van der Waals surface area (Å²) in [5, 5.41) is 5.20. The van der Waals surface area contributed by atoms with E-state index in [-0.39, 0.29) is 17.9 Å². The number of methoxy groups -OCH3 is 1. The molecule has 2 amide bonds. The van der Waals surface area contributed by atoms with Gasteiger partial charge < -0.3 is 19.9 Å². The molecular weight excluding hydrogens is 434 g/mol. The number of fused-ring (bicyclic) bond motifs is 1. The second-order valence-electron chi connectivity index (χ2n) is 9.21. The average Bonchev–Trinajstić information content (AvgIpc) is 3.35. The number of amides is 2. The molecule has 1 N–H and O–H groups in total. The number of rotatable bonds is 9. The summed E-state index contributed by atoms with van der Waals surface area (Å²) in [6.45, 7) is 7.16. The van der Waals surface area contributed by atoms with Gasteiger partial charge in [-0.25, -0.2) is 0 Å². The van der Waals surface area contributed by atoms with Gasteiger partial charge in [0.2, 0.25) is 5.91 Å². The van der Waals surface area contributed by atoms with E-state index in [1.165, 1.54) is 12.8 Å². The van der Waals surface area contributed by atoms with Crippen LogP contribution in [0.25, 0.3) is 0 Å². The highest BCUT2D eigenvalue weighted by atomic mass is 32.1. The van der Waals surface area contributed by atoms with Gasteiger partial charge >= 0.3 is 0 Å². The van der Waals surface area contributed by atoms with Crippen molar-refractivity contribution in [1.82, 2.24) is 15.1 Å². The van der Waals surface area contributed by atoms with Gasteiger partial charge in [0, 0.05) is 37.2 Å². The fourth-order valence-corrected chi connectivity index (χ4v) is 6.07. The van der Waals surface area contributed by atoms with Gasteiger partial charge in [-0.3, -0.25) is 9.59 Å². The fraction of sp³-hybridized carbons (Fsp3) is 0.538. The zero-order valence-electron chi connectivity index (χ0n) is 19.7. The summed E-state index contributed by atoms with van der Waals surface area (Å²) in [4.78, 5) is 32.4. The van der Waals surface area contributed by atoms with Gasteiger partial charge in [0.25, 0.3) is 5.91 Å². The Morgan fingerprint density at radius 1 is 1.21 bits per heavy atom. The number of ether oxygens (including phenoxy) is 1. The number of benzene rings is 1. The number of carbonyl (C=O) groups excluding carboxylic acids is 2. The maximum Gasteiger partial charge on any atom is 0.254 e. The lowest BCUT2D eigenvalue weighted by Gasteiger charge is -2.41. The fourth-order valence-electron chi connectivity index (χ4n) is 5.20. The predicted octanol–water partition coefficient (Wildman–Crippen LogP) is 3.91. The standard InChI is InChI=1S/C26H35N3O3S/c1-19-8-5-13-28(18-19)14-7-12-27-25(30)23-20-9-3-4-10-21(20)26(31)29(15-16-32-2)24(23)22-11-6-17-33-22/h3-4,6,9-11,17,19,23-24H,5,7-8,12-16,18H2,1-2H3,(H,27,30)/t19-,23+,24-/m1/s1. The van der Waals surface area contributed by atoms with E-state index >= 15 is 0 Å². The molecule has 178 valence electrons. The number of nitrogens with zero attached hydrogens (tertiary/aromatic N) is 2. The third-order valence-electron chi connectivity index (χ3n) is 6.78. The van der Waals surface area contributed by atoms with Crippen LogP contribution in [0.4, 0.5) is 0 Å². The lowest BCUT2D eigenvalue weighted by atomic mass is 9.81. The molecule has 2 aromatic rings. The van der Waals surface area contributed by atoms with Crippen molar-refractivity contribution in [2.45, 2.75) is 38.1 Å². The summed E-state index contributed by atoms with van der Waals surface area (Å²) in [6.07, 6.45) is 3.51. The molecule has 1 saturated heterocycles. The molecule has 1 aromatic carbocycles. The molecule has 0 bridgehead atoms. The second kappa shape index (κ2) is 11.3. The van der Waals surface area contributed by atoms with Gasteiger partial charge in [-0.1, -0.05) is 31.2 Å². The van der Waals surface area contributed by atoms with Crippen molar-refractivity contribution < 1.29 is 14.3 Å². The molecule has 0 aliphatic carbocycles. The molecule has 0 saturated carbocycles. The second-order valence-corrected chi connectivity index (χ2v) is 10.2. The van der Waals surface area contributed by atoms with Crippen LogP contribution >= 0.6 is 11.3 Å². The lowest BCUT2D eigenvalue weighted by Crippen LogP contribution is -2.48. The molecule has 33 heavy (non-hydrogen) atoms. The van der Waals surface area contributed by atoms with Crippen molar-refractivity contribution in [3.8, 4) is 0 Å². The molecule has 1 aromatic heterocycles. The molecule has 0 radical (unpaired) electrons. The summed E-state index contributed by atoms with van der Waals surface area (Å²) >= 11 is 1.59. The summed E-state index contributed by atoms with van der Waals surface area (Å²) < 4.78 is 5.29. The Labute approximate surface area is 200 Å². The van der Waals surface area contributed by atoms with Crippen molar-refractivity contribution in [3.63, 3.8) is 0 Å². The number of likely N-dealkylation sites (tertiary alicyclic amines) is 1. The predicted molar refractivity (Wildman–Crippen MR) is 132 cm³/mol. The van der Waals surface area contributed by atoms with Crippen LogP contribution in [0.2, 0.25) is 0 Å². The smallest absolute Gasteiger partial charge is 0.254 e. The molecule has 1 fully saturated rings. The number of hydrogen-bond acceptors (Lipinski definition) is 5. The summed E-state index contributed by atoms with van der Waals surface area (Å²) in [5.41, 5.74) is 1.43. The van der Waals surface area contributed by atoms with Crippen LogP contribution in [0.5, 0.6) is 0 Å². The molecular formula is C26H35N3O3S. The number of thiophene rings is 1. The van der Waals surface area contributed by atoms with Crippen LogP contribution in [-0.2, 0) is 9.53 Å². The van der Waals surface area contributed by atoms with E-state index in [1.807, 2.05) is 46.7 Å². The minimum atomic E-state index is -0.440. The number of piperidine rings is 1. The first-order chi connectivity index (χ1) is 16.1. The Morgan fingerprint density at radius 2 is 2.06 bits per heavy atom. The molecule has 4 rings (SSSR count). The van der Waals surface area contributed by atoms with E-state index in [2.05, 4.69) is 17.1 Å². The van der Waals surface area contributed by atoms with Crippen LogP contribution in [0.3, 0.4) is 0 Å². The van der Waals surface area contributed by atoms with Crippen LogP contribution in [0, 0.1) is 5.92 Å². The van der Waals surface area contributed by atoms with Crippen LogP contribution in [-0.4, -0.2) is 68.1 Å². The van der Waals surface area contributed by atoms with E-state index < -0.39 is 5.92 Å². The highest BCUT2D eigenvalue weighted by molar-refractivity contribution is 7.10. The first-order valence-electron chi connectivity index (χ1n) is 12.0. The maximum absolute atomic E-state index is 13.6. The van der Waals surface area contributed by atoms with Crippen LogP contribution < -0.4 is 5.32 Å². The SMILES string of the molecule is COCCN1C(=O)c2ccccc2[C@H](C(=O)NCCCN2CCC[C@@H](C)C2)[C@H]1c1cccs1. The van der Waals surface area contributed by atoms with Crippen LogP contribution in [0.15, 0.2) is 41.8 Å². The van der Waals surface area contributed by atoms with Crippen molar-refractivity contribution in [2.75, 3.05) is 46.4 Å². The quantitative estimate of drug-likeness (QED) is 0.566. The molecule has 2 aliphatic rings. The Hall–Kier alpha value is -2.22. The summed E-state index contributed by atoms with van der Waals surface area (Å²) in [5.74, 6) is 0.269. The zero-order chi connectivity index (χ0) is 23.2. The van der Waals surface area contributed by atoms with Gasteiger partial charge in [0.1, 0.15) is 0 Å². The molecule has 6 nitrogen and oxygen atoms in total. The number of nitrogens with one attached hydrogen (secondary N) is 1. The van der Waals surface area contributed by atoms with E-state index in [0.717, 1.165) is 42.4 Å². The Morgan fingerprint density at radius 3 is 2.82 bits per heavy atom. The normalized spacial score (nSPS) is 23.4. The largest absolute Gasteiger partial charge is 0.383 e. The highest BCUT2D eigenvalue weighted by Crippen LogP contribution is 2.44. The van der Waals surface area contributed by atoms with E-state index in [9.17, 15) is 9.59 Å². The number of carbonyl (C=O) groups is 2. The molecule has 0 spiro atoms. The molecule has 7 heteroatoms. The summed E-state index contributed by atoms with van der Waals surface area (Å²) in [7, 11) is 1.63. The zero-order valence-corrected chi connectivity index (χ0v) is 20.5. The first-order valence-corrected chi connectivity index (χ1v) is 12.9. The molecule has 2 aliphatic heterocycles. The van der Waals surface area contributed by atoms with Crippen molar-refractivity contribution in [1.29, 1.82) is 0 Å². The highest BCUT2D eigenvalue weighted by Gasteiger charge is 2.44. The minimum absolute atomic E-state index is 0.0113. The lowest BCUT2D eigenvalue weighted by molar-refractivity contribution is -0.124. The first kappa shape index (κ1) is 23.9. The van der Waals surface area contributed by atoms with Gasteiger partial charge in [0.05, 0.1) is 18.6 Å². The van der Waals surface area contributed by atoms with E-state index in [0.29, 0.717) is 25.3 Å². The Balaban J connectivity index is 1.52. The van der Waals surface area contributed by atoms with Crippen molar-refractivity contribution >= 4 is 23.2 Å². The van der Waals surface area contributed by atoms with Gasteiger partial charge in [-0.2, -0.15) is 0 Å². The molecule has 0 unspecified atom stereocenters. The van der Waals surface area contributed by atoms with E-state index in [1.54, 1.807) is 18.4 Å². The van der Waals surface area contributed by atoms with Crippen LogP contribution in [0.1, 0.15) is 58.9 Å². The summed E-state index contributed by atoms with van der Waals surface area (Å²) in [6, 6.07) is 11.2. The van der Waals surface area contributed by atoms with Gasteiger partial charge in [-0.05, 0) is 61.3 Å². The monoisotopic (exact) mass is 469 g/mol. The molecule has 3 atom stereocenters. The number of hydrogen-bond donors (Lipinski definition) is 1. The third kappa shape index (κ3) is 5.48. The third-order valence-corrected chi connectivity index (χ3v) is 7.73. The van der Waals surface area contributed by atoms with E-state index in [4.69, 9.17) is 4.74 Å². The minimum Gasteiger partial charge on any atom is -0.383 e. The van der Waals surface area contributed by atoms with Crippen molar-refractivity contribution in [2.24, 2.45) is 5.92 Å². The topological polar surface area (TPSA) is 61.9 Å². The molecule has 3 heterocycles. The Kier molecular flexibility index (Phi) is 8.17.